The van der Waals surface area contributed by atoms with Gasteiger partial charge < -0.3 is 0 Å². The zero-order valence-corrected chi connectivity index (χ0v) is 15.0. The summed E-state index contributed by atoms with van der Waals surface area (Å²) >= 11 is 0. The van der Waals surface area contributed by atoms with Crippen molar-refractivity contribution < 1.29 is 4.39 Å². The average molecular weight is 365 g/mol. The van der Waals surface area contributed by atoms with Gasteiger partial charge in [-0.25, -0.2) is 13.9 Å². The fourth-order valence-electron chi connectivity index (χ4n) is 3.37. The summed E-state index contributed by atoms with van der Waals surface area (Å²) in [6, 6.07) is 28.7. The van der Waals surface area contributed by atoms with Crippen molar-refractivity contribution >= 4 is 5.65 Å². The summed E-state index contributed by atoms with van der Waals surface area (Å²) in [5.74, 6) is -0.261. The van der Waals surface area contributed by atoms with Crippen molar-refractivity contribution in [2.75, 3.05) is 0 Å². The predicted molar refractivity (Wildman–Crippen MR) is 109 cm³/mol. The average Bonchev–Trinajstić information content (AvgIpc) is 3.19. The summed E-state index contributed by atoms with van der Waals surface area (Å²) in [5.41, 5.74) is 6.41. The maximum Gasteiger partial charge on any atom is 0.164 e. The Hall–Kier alpha value is -3.79. The van der Waals surface area contributed by atoms with Crippen LogP contribution in [0.3, 0.4) is 0 Å². The molecule has 0 aliphatic heterocycles. The monoisotopic (exact) mass is 365 g/mol. The molecule has 2 aromatic heterocycles. The molecule has 3 aromatic carbocycles. The molecule has 0 atom stereocenters. The molecule has 0 radical (unpaired) electrons. The number of hydrogen-bond donors (Lipinski definition) is 0. The highest BCUT2D eigenvalue weighted by atomic mass is 19.1. The Labute approximate surface area is 161 Å². The van der Waals surface area contributed by atoms with Crippen LogP contribution in [0.15, 0.2) is 97.2 Å². The quantitative estimate of drug-likeness (QED) is 0.400. The van der Waals surface area contributed by atoms with Crippen LogP contribution in [-0.2, 0) is 0 Å². The van der Waals surface area contributed by atoms with Crippen LogP contribution in [0, 0.1) is 5.82 Å². The fraction of sp³-hybridized carbons (Fsp3) is 0. The predicted octanol–water partition coefficient (Wildman–Crippen LogP) is 5.87. The van der Waals surface area contributed by atoms with Crippen molar-refractivity contribution in [2.45, 2.75) is 0 Å². The molecule has 5 aromatic rings. The van der Waals surface area contributed by atoms with Gasteiger partial charge in [-0.15, -0.1) is 0 Å². The van der Waals surface area contributed by atoms with Crippen molar-refractivity contribution in [3.8, 4) is 33.6 Å². The Morgan fingerprint density at radius 2 is 1.32 bits per heavy atom. The number of fused-ring (bicyclic) bond motifs is 1. The maximum absolute atomic E-state index is 13.4. The lowest BCUT2D eigenvalue weighted by molar-refractivity contribution is 0.628. The van der Waals surface area contributed by atoms with E-state index in [0.717, 1.165) is 39.3 Å². The molecule has 0 N–H and O–H groups in total. The van der Waals surface area contributed by atoms with Crippen molar-refractivity contribution in [2.24, 2.45) is 0 Å². The molecule has 0 unspecified atom stereocenters. The molecule has 5 rings (SSSR count). The van der Waals surface area contributed by atoms with E-state index in [2.05, 4.69) is 23.3 Å². The second-order valence-corrected chi connectivity index (χ2v) is 6.56. The summed E-state index contributed by atoms with van der Waals surface area (Å²) in [6.45, 7) is 0. The van der Waals surface area contributed by atoms with Crippen molar-refractivity contribution in [3.05, 3.63) is 103 Å². The molecule has 0 bridgehead atoms. The highest BCUT2D eigenvalue weighted by Gasteiger charge is 2.15. The molecule has 0 aliphatic carbocycles. The maximum atomic E-state index is 13.4. The van der Waals surface area contributed by atoms with E-state index in [1.165, 1.54) is 12.1 Å². The van der Waals surface area contributed by atoms with E-state index in [-0.39, 0.29) is 5.82 Å². The molecule has 0 amide bonds. The first-order valence-electron chi connectivity index (χ1n) is 9.05. The molecule has 2 heterocycles. The van der Waals surface area contributed by atoms with Gasteiger partial charge in [0, 0.05) is 16.7 Å². The van der Waals surface area contributed by atoms with Gasteiger partial charge in [-0.1, -0.05) is 72.8 Å². The van der Waals surface area contributed by atoms with Gasteiger partial charge in [0.05, 0.1) is 17.6 Å². The Morgan fingerprint density at radius 1 is 0.679 bits per heavy atom. The van der Waals surface area contributed by atoms with Crippen LogP contribution in [0.4, 0.5) is 4.39 Å². The standard InChI is InChI=1S/C24H16FN3/c25-20-13-11-17(12-14-20)21-16-26-28-23(19-9-5-2-6-10-19)15-22(27-24(21)28)18-7-3-1-4-8-18/h1-16H. The molecule has 0 spiro atoms. The first-order chi connectivity index (χ1) is 13.8. The van der Waals surface area contributed by atoms with E-state index < -0.39 is 0 Å². The van der Waals surface area contributed by atoms with Crippen LogP contribution in [0.5, 0.6) is 0 Å². The van der Waals surface area contributed by atoms with Gasteiger partial charge in [-0.3, -0.25) is 0 Å². The van der Waals surface area contributed by atoms with Gasteiger partial charge in [0.1, 0.15) is 5.82 Å². The Morgan fingerprint density at radius 3 is 2.00 bits per heavy atom. The van der Waals surface area contributed by atoms with Crippen LogP contribution in [-0.4, -0.2) is 14.6 Å². The Bertz CT molecular complexity index is 1240. The number of aromatic nitrogens is 3. The van der Waals surface area contributed by atoms with E-state index in [1.807, 2.05) is 53.0 Å². The minimum absolute atomic E-state index is 0.261. The van der Waals surface area contributed by atoms with Gasteiger partial charge in [-0.2, -0.15) is 5.10 Å². The normalized spacial score (nSPS) is 11.0. The van der Waals surface area contributed by atoms with Gasteiger partial charge in [0.15, 0.2) is 5.65 Å². The number of nitrogens with zero attached hydrogens (tertiary/aromatic N) is 3. The van der Waals surface area contributed by atoms with E-state index in [4.69, 9.17) is 4.98 Å². The van der Waals surface area contributed by atoms with Gasteiger partial charge in [0.25, 0.3) is 0 Å². The summed E-state index contributed by atoms with van der Waals surface area (Å²) in [6.07, 6.45) is 1.79. The van der Waals surface area contributed by atoms with Crippen molar-refractivity contribution in [3.63, 3.8) is 0 Å². The third kappa shape index (κ3) is 2.85. The molecule has 4 heteroatoms. The van der Waals surface area contributed by atoms with E-state index in [1.54, 1.807) is 18.3 Å². The molecule has 0 saturated heterocycles. The van der Waals surface area contributed by atoms with E-state index >= 15 is 0 Å². The summed E-state index contributed by atoms with van der Waals surface area (Å²) in [7, 11) is 0. The van der Waals surface area contributed by atoms with Gasteiger partial charge in [-0.05, 0) is 23.8 Å². The van der Waals surface area contributed by atoms with Crippen LogP contribution in [0.25, 0.3) is 39.3 Å². The minimum atomic E-state index is -0.261. The summed E-state index contributed by atoms with van der Waals surface area (Å²) in [5, 5.41) is 4.59. The molecule has 28 heavy (non-hydrogen) atoms. The van der Waals surface area contributed by atoms with Crippen LogP contribution in [0.2, 0.25) is 0 Å². The zero-order valence-electron chi connectivity index (χ0n) is 15.0. The summed E-state index contributed by atoms with van der Waals surface area (Å²) < 4.78 is 15.2. The molecular formula is C24H16FN3. The third-order valence-corrected chi connectivity index (χ3v) is 4.77. The SMILES string of the molecule is Fc1ccc(-c2cnn3c(-c4ccccc4)cc(-c4ccccc4)nc23)cc1. The second-order valence-electron chi connectivity index (χ2n) is 6.56. The first kappa shape index (κ1) is 16.4. The topological polar surface area (TPSA) is 30.2 Å². The highest BCUT2D eigenvalue weighted by Crippen LogP contribution is 2.31. The molecule has 0 saturated carbocycles. The molecular weight excluding hydrogens is 349 g/mol. The minimum Gasteiger partial charge on any atom is -0.228 e. The molecule has 0 fully saturated rings. The second kappa shape index (κ2) is 6.74. The Balaban J connectivity index is 1.80. The molecule has 0 aliphatic rings. The van der Waals surface area contributed by atoms with Crippen LogP contribution < -0.4 is 0 Å². The Kier molecular flexibility index (Phi) is 3.95. The lowest BCUT2D eigenvalue weighted by Gasteiger charge is -2.09. The third-order valence-electron chi connectivity index (χ3n) is 4.77. The fourth-order valence-corrected chi connectivity index (χ4v) is 3.37. The highest BCUT2D eigenvalue weighted by molar-refractivity contribution is 5.81. The smallest absolute Gasteiger partial charge is 0.164 e. The van der Waals surface area contributed by atoms with E-state index in [0.29, 0.717) is 0 Å². The number of halogens is 1. The van der Waals surface area contributed by atoms with Crippen LogP contribution >= 0.6 is 0 Å². The number of benzene rings is 3. The van der Waals surface area contributed by atoms with Gasteiger partial charge in [0.2, 0.25) is 0 Å². The number of hydrogen-bond acceptors (Lipinski definition) is 2. The lowest BCUT2D eigenvalue weighted by atomic mass is 10.1. The first-order valence-corrected chi connectivity index (χ1v) is 9.05. The van der Waals surface area contributed by atoms with Gasteiger partial charge >= 0.3 is 0 Å². The lowest BCUT2D eigenvalue weighted by Crippen LogP contribution is -1.98. The summed E-state index contributed by atoms with van der Waals surface area (Å²) in [4.78, 5) is 4.90. The molecule has 134 valence electrons. The van der Waals surface area contributed by atoms with Crippen molar-refractivity contribution in [1.29, 1.82) is 0 Å². The van der Waals surface area contributed by atoms with Crippen LogP contribution in [0.1, 0.15) is 0 Å². The largest absolute Gasteiger partial charge is 0.228 e. The molecule has 3 nitrogen and oxygen atoms in total. The van der Waals surface area contributed by atoms with Crippen molar-refractivity contribution in [1.82, 2.24) is 14.6 Å². The van der Waals surface area contributed by atoms with E-state index in [9.17, 15) is 4.39 Å². The number of rotatable bonds is 3. The zero-order chi connectivity index (χ0) is 18.9.